The fraction of sp³-hybridized carbons (Fsp3) is 0.143. The molecule has 0 aliphatic heterocycles. The van der Waals surface area contributed by atoms with Gasteiger partial charge < -0.3 is 0 Å². The van der Waals surface area contributed by atoms with Crippen LogP contribution in [0.3, 0.4) is 0 Å². The predicted octanol–water partition coefficient (Wildman–Crippen LogP) is 6.57. The lowest BCUT2D eigenvalue weighted by atomic mass is 10.0. The molecule has 26 heavy (non-hydrogen) atoms. The summed E-state index contributed by atoms with van der Waals surface area (Å²) in [6.07, 6.45) is -8.92. The molecule has 1 N–H and O–H groups in total. The summed E-state index contributed by atoms with van der Waals surface area (Å²) in [5.41, 5.74) is -2.34. The minimum absolute atomic E-state index is 0.218. The van der Waals surface area contributed by atoms with E-state index in [0.717, 1.165) is 0 Å². The van der Waals surface area contributed by atoms with Crippen LogP contribution in [0.25, 0.3) is 17.3 Å². The third kappa shape index (κ3) is 4.16. The number of nitriles is 1. The van der Waals surface area contributed by atoms with Crippen LogP contribution in [0, 0.1) is 11.3 Å². The van der Waals surface area contributed by atoms with Crippen LogP contribution in [0.15, 0.2) is 16.6 Å². The van der Waals surface area contributed by atoms with Crippen LogP contribution in [0.4, 0.5) is 26.3 Å². The van der Waals surface area contributed by atoms with Crippen molar-refractivity contribution in [1.29, 1.82) is 5.26 Å². The number of rotatable bonds is 2. The fourth-order valence-corrected chi connectivity index (χ4v) is 2.86. The van der Waals surface area contributed by atoms with Crippen molar-refractivity contribution in [3.63, 3.8) is 0 Å². The molecule has 0 aliphatic rings. The van der Waals surface area contributed by atoms with Crippen LogP contribution < -0.4 is 0 Å². The maximum atomic E-state index is 12.8. The van der Waals surface area contributed by atoms with Crippen molar-refractivity contribution in [2.24, 2.45) is 0 Å². The molecule has 1 aromatic heterocycles. The van der Waals surface area contributed by atoms with Gasteiger partial charge in [-0.05, 0) is 34.1 Å². The minimum Gasteiger partial charge on any atom is -0.276 e. The van der Waals surface area contributed by atoms with Gasteiger partial charge in [0.05, 0.1) is 25.8 Å². The number of nitrogens with one attached hydrogen (secondary N) is 1. The number of hydrogen-bond donors (Lipinski definition) is 1. The van der Waals surface area contributed by atoms with Gasteiger partial charge in [0.25, 0.3) is 0 Å². The summed E-state index contributed by atoms with van der Waals surface area (Å²) in [6.45, 7) is 0. The second-order valence-corrected chi connectivity index (χ2v) is 6.44. The maximum absolute atomic E-state index is 12.8. The van der Waals surface area contributed by atoms with Crippen molar-refractivity contribution >= 4 is 45.2 Å². The van der Waals surface area contributed by atoms with E-state index in [1.165, 1.54) is 0 Å². The Labute approximate surface area is 160 Å². The van der Waals surface area contributed by atoms with E-state index in [9.17, 15) is 26.3 Å². The van der Waals surface area contributed by atoms with Crippen LogP contribution in [0.2, 0.25) is 10.0 Å². The van der Waals surface area contributed by atoms with E-state index < -0.39 is 38.1 Å². The molecule has 12 heteroatoms. The summed E-state index contributed by atoms with van der Waals surface area (Å²) in [6, 6.07) is 2.72. The molecule has 0 saturated carbocycles. The number of halogens is 9. The number of H-pyrrole nitrogens is 1. The molecule has 0 amide bonds. The van der Waals surface area contributed by atoms with E-state index in [2.05, 4.69) is 26.1 Å². The van der Waals surface area contributed by atoms with Gasteiger partial charge >= 0.3 is 12.4 Å². The lowest BCUT2D eigenvalue weighted by Crippen LogP contribution is -2.06. The number of alkyl halides is 6. The Balaban J connectivity index is 2.72. The maximum Gasteiger partial charge on any atom is 0.422 e. The van der Waals surface area contributed by atoms with Crippen LogP contribution in [-0.4, -0.2) is 16.4 Å². The number of hydrogen-bond acceptors (Lipinski definition) is 2. The van der Waals surface area contributed by atoms with E-state index in [-0.39, 0.29) is 16.8 Å². The normalized spacial score (nSPS) is 13.0. The highest BCUT2D eigenvalue weighted by Crippen LogP contribution is 2.42. The quantitative estimate of drug-likeness (QED) is 0.496. The SMILES string of the molecule is N#Cc1n[nH]c(-c2c(Cl)cc(C(F)(F)F)cc2Cl)c1/C=C(\Br)C(F)(F)F. The number of benzene rings is 1. The van der Waals surface area contributed by atoms with Gasteiger partial charge in [-0.1, -0.05) is 23.2 Å². The molecular weight excluding hydrogens is 475 g/mol. The largest absolute Gasteiger partial charge is 0.422 e. The van der Waals surface area contributed by atoms with Crippen molar-refractivity contribution in [3.05, 3.63) is 43.5 Å². The summed E-state index contributed by atoms with van der Waals surface area (Å²) in [5, 5.41) is 13.9. The van der Waals surface area contributed by atoms with E-state index in [1.54, 1.807) is 6.07 Å². The van der Waals surface area contributed by atoms with Gasteiger partial charge in [0.1, 0.15) is 6.07 Å². The van der Waals surface area contributed by atoms with E-state index in [0.29, 0.717) is 18.2 Å². The molecule has 2 aromatic rings. The molecule has 1 heterocycles. The van der Waals surface area contributed by atoms with E-state index in [1.807, 2.05) is 0 Å². The number of nitrogens with zero attached hydrogens (tertiary/aromatic N) is 2. The Hall–Kier alpha value is -1.70. The lowest BCUT2D eigenvalue weighted by molar-refractivity contribution is -0.137. The molecule has 0 aliphatic carbocycles. The van der Waals surface area contributed by atoms with Gasteiger partial charge in [-0.2, -0.15) is 36.7 Å². The van der Waals surface area contributed by atoms with Gasteiger partial charge in [-0.15, -0.1) is 0 Å². The molecule has 0 atom stereocenters. The van der Waals surface area contributed by atoms with E-state index >= 15 is 0 Å². The first-order chi connectivity index (χ1) is 11.9. The Kier molecular flexibility index (Phi) is 5.66. The smallest absolute Gasteiger partial charge is 0.276 e. The highest BCUT2D eigenvalue weighted by atomic mass is 79.9. The van der Waals surface area contributed by atoms with Crippen molar-refractivity contribution in [1.82, 2.24) is 10.2 Å². The topological polar surface area (TPSA) is 52.5 Å². The molecule has 0 saturated heterocycles. The van der Waals surface area contributed by atoms with Gasteiger partial charge in [0.2, 0.25) is 0 Å². The first-order valence-electron chi connectivity index (χ1n) is 6.35. The first-order valence-corrected chi connectivity index (χ1v) is 7.90. The van der Waals surface area contributed by atoms with Crippen LogP contribution in [0.5, 0.6) is 0 Å². The Bertz CT molecular complexity index is 901. The summed E-state index contributed by atoms with van der Waals surface area (Å²) in [7, 11) is 0. The zero-order valence-electron chi connectivity index (χ0n) is 12.0. The van der Waals surface area contributed by atoms with Crippen molar-refractivity contribution in [2.75, 3.05) is 0 Å². The van der Waals surface area contributed by atoms with E-state index in [4.69, 9.17) is 28.5 Å². The molecule has 0 unspecified atom stereocenters. The molecule has 0 spiro atoms. The Morgan fingerprint density at radius 2 is 1.69 bits per heavy atom. The summed E-state index contributed by atoms with van der Waals surface area (Å²) in [5.74, 6) is 0. The Morgan fingerprint density at radius 3 is 2.12 bits per heavy atom. The molecular formula is C14H4BrCl2F6N3. The number of allylic oxidation sites excluding steroid dienone is 1. The zero-order valence-corrected chi connectivity index (χ0v) is 15.1. The molecule has 0 radical (unpaired) electrons. The summed E-state index contributed by atoms with van der Waals surface area (Å²) >= 11 is 14.0. The highest BCUT2D eigenvalue weighted by Gasteiger charge is 2.34. The monoisotopic (exact) mass is 477 g/mol. The minimum atomic E-state index is -4.75. The molecule has 0 fully saturated rings. The number of aromatic nitrogens is 2. The van der Waals surface area contributed by atoms with Crippen molar-refractivity contribution < 1.29 is 26.3 Å². The third-order valence-corrected chi connectivity index (χ3v) is 4.35. The van der Waals surface area contributed by atoms with Crippen LogP contribution >= 0.6 is 39.1 Å². The highest BCUT2D eigenvalue weighted by molar-refractivity contribution is 9.11. The fourth-order valence-electron chi connectivity index (χ4n) is 1.95. The lowest BCUT2D eigenvalue weighted by Gasteiger charge is -2.12. The number of aromatic amines is 1. The van der Waals surface area contributed by atoms with Crippen LogP contribution in [0.1, 0.15) is 16.8 Å². The van der Waals surface area contributed by atoms with Crippen molar-refractivity contribution in [3.8, 4) is 17.3 Å². The van der Waals surface area contributed by atoms with Crippen LogP contribution in [-0.2, 0) is 6.18 Å². The summed E-state index contributed by atoms with van der Waals surface area (Å²) in [4.78, 5) is 0. The van der Waals surface area contributed by atoms with Gasteiger partial charge in [0.15, 0.2) is 5.69 Å². The second kappa shape index (κ2) is 7.13. The third-order valence-electron chi connectivity index (χ3n) is 3.07. The average molecular weight is 479 g/mol. The van der Waals surface area contributed by atoms with Crippen molar-refractivity contribution in [2.45, 2.75) is 12.4 Å². The summed E-state index contributed by atoms with van der Waals surface area (Å²) < 4.78 is 75.4. The molecule has 0 bridgehead atoms. The molecule has 138 valence electrons. The predicted molar refractivity (Wildman–Crippen MR) is 86.7 cm³/mol. The second-order valence-electron chi connectivity index (χ2n) is 4.78. The average Bonchev–Trinajstić information content (AvgIpc) is 2.87. The first kappa shape index (κ1) is 20.6. The standard InChI is InChI=1S/C14H4BrCl2F6N3/c15-10(14(21,22)23)3-6-9(4-24)25-26-12(6)11-7(16)1-5(2-8(11)17)13(18,19)20/h1-3H,(H,25,26)/b10-3-. The van der Waals surface area contributed by atoms with Gasteiger partial charge in [0, 0.05) is 11.1 Å². The van der Waals surface area contributed by atoms with Gasteiger partial charge in [-0.25, -0.2) is 0 Å². The molecule has 3 nitrogen and oxygen atoms in total. The zero-order chi connectivity index (χ0) is 19.9. The van der Waals surface area contributed by atoms with Gasteiger partial charge in [-0.3, -0.25) is 5.10 Å². The molecule has 1 aromatic carbocycles. The molecule has 2 rings (SSSR count). The Morgan fingerprint density at radius 1 is 1.15 bits per heavy atom.